The van der Waals surface area contributed by atoms with Crippen molar-refractivity contribution in [1.29, 1.82) is 0 Å². The minimum Gasteiger partial charge on any atom is -0.497 e. The number of hydrogen-bond acceptors (Lipinski definition) is 10. The normalized spacial score (nSPS) is 23.0. The Morgan fingerprint density at radius 2 is 1.52 bits per heavy atom. The maximum Gasteiger partial charge on any atom is 0.330 e. The summed E-state index contributed by atoms with van der Waals surface area (Å²) in [7, 11) is 4.53. The molecule has 1 spiro atoms. The third-order valence-corrected chi connectivity index (χ3v) is 8.17. The van der Waals surface area contributed by atoms with Gasteiger partial charge in [0.2, 0.25) is 5.41 Å². The molecule has 0 N–H and O–H groups in total. The number of hydrazone groups is 1. The summed E-state index contributed by atoms with van der Waals surface area (Å²) < 4.78 is 27.9. The second-order valence-corrected chi connectivity index (χ2v) is 10.8. The summed E-state index contributed by atoms with van der Waals surface area (Å²) >= 11 is 0. The largest absolute Gasteiger partial charge is 0.497 e. The number of hydrogen-bond donors (Lipinski definition) is 0. The van der Waals surface area contributed by atoms with Crippen molar-refractivity contribution >= 4 is 23.9 Å². The molecule has 2 fully saturated rings. The highest BCUT2D eigenvalue weighted by molar-refractivity contribution is 6.09. The molecular formula is C32H30N2O8. The lowest BCUT2D eigenvalue weighted by molar-refractivity contribution is -0.254. The van der Waals surface area contributed by atoms with Crippen LogP contribution < -0.4 is 14.2 Å². The quantitative estimate of drug-likeness (QED) is 0.244. The summed E-state index contributed by atoms with van der Waals surface area (Å²) in [4.78, 5) is 43.3. The number of carbonyl (C=O) groups is 3. The molecule has 6 rings (SSSR count). The molecule has 2 saturated heterocycles. The zero-order chi connectivity index (χ0) is 29.8. The molecule has 10 heteroatoms. The Morgan fingerprint density at radius 3 is 2.17 bits per heavy atom. The molecule has 3 heterocycles. The zero-order valence-electron chi connectivity index (χ0n) is 23.8. The molecule has 3 aliphatic heterocycles. The lowest BCUT2D eigenvalue weighted by atomic mass is 9.65. The van der Waals surface area contributed by atoms with Gasteiger partial charge < -0.3 is 23.7 Å². The van der Waals surface area contributed by atoms with Crippen molar-refractivity contribution in [2.75, 3.05) is 21.3 Å². The molecule has 0 saturated carbocycles. The van der Waals surface area contributed by atoms with E-state index in [1.165, 1.54) is 35.2 Å². The molecule has 1 unspecified atom stereocenters. The SMILES string of the molecule is COc1ccc(C(=O)[C@@H]2[C@@H](c3ccc(OC)c(OC)c3)C3(C(=O)OC(C)(C)OC3=O)C3c4ccccc4C=NN32)cc1. The van der Waals surface area contributed by atoms with E-state index in [1.54, 1.807) is 53.7 Å². The second-order valence-electron chi connectivity index (χ2n) is 10.8. The Bertz CT molecular complexity index is 1590. The van der Waals surface area contributed by atoms with Crippen molar-refractivity contribution in [3.8, 4) is 17.2 Å². The molecule has 3 atom stereocenters. The minimum atomic E-state index is -1.99. The Hall–Kier alpha value is -4.86. The van der Waals surface area contributed by atoms with Crippen LogP contribution in [0.25, 0.3) is 0 Å². The molecule has 3 aromatic carbocycles. The summed E-state index contributed by atoms with van der Waals surface area (Å²) in [5.74, 6) is -3.13. The fraction of sp³-hybridized carbons (Fsp3) is 0.312. The van der Waals surface area contributed by atoms with Crippen molar-refractivity contribution < 1.29 is 38.1 Å². The standard InChI is InChI=1S/C32H30N2O8/c1-31(2)41-29(36)32(30(37)42-31)25(19-12-15-23(39-4)24(16-19)40-5)26(27(35)18-10-13-21(38-3)14-11-18)34-28(32)22-9-7-6-8-20(22)17-33-34/h6-17,25-26,28H,1-5H3/t25-,26+,28?/m1/s1. The third kappa shape index (κ3) is 3.93. The van der Waals surface area contributed by atoms with Crippen molar-refractivity contribution in [3.63, 3.8) is 0 Å². The molecule has 10 nitrogen and oxygen atoms in total. The molecule has 0 aliphatic carbocycles. The van der Waals surface area contributed by atoms with Crippen LogP contribution in [0.3, 0.4) is 0 Å². The molecule has 3 aliphatic rings. The van der Waals surface area contributed by atoms with Gasteiger partial charge in [0.05, 0.1) is 27.5 Å². The van der Waals surface area contributed by atoms with Crippen LogP contribution in [-0.4, -0.2) is 62.1 Å². The fourth-order valence-electron chi connectivity index (χ4n) is 6.36. The summed E-state index contributed by atoms with van der Waals surface area (Å²) in [6.07, 6.45) is 1.63. The van der Waals surface area contributed by atoms with E-state index in [0.717, 1.165) is 0 Å². The number of rotatable bonds is 6. The molecule has 0 amide bonds. The van der Waals surface area contributed by atoms with Crippen LogP contribution in [0.1, 0.15) is 52.9 Å². The number of Topliss-reactive ketones (excluding diaryl/α,β-unsaturated/α-hetero) is 1. The Labute approximate surface area is 242 Å². The van der Waals surface area contributed by atoms with Crippen molar-refractivity contribution in [2.24, 2.45) is 10.5 Å². The summed E-state index contributed by atoms with van der Waals surface area (Å²) in [5, 5.41) is 6.25. The minimum absolute atomic E-state index is 0.346. The number of benzene rings is 3. The number of ether oxygens (including phenoxy) is 5. The summed E-state index contributed by atoms with van der Waals surface area (Å²) in [6, 6.07) is 17.0. The molecule has 0 aromatic heterocycles. The highest BCUT2D eigenvalue weighted by Crippen LogP contribution is 2.63. The number of ketones is 1. The second kappa shape index (κ2) is 9.90. The molecular weight excluding hydrogens is 540 g/mol. The summed E-state index contributed by atoms with van der Waals surface area (Å²) in [6.45, 7) is 3.00. The average Bonchev–Trinajstić information content (AvgIpc) is 3.31. The van der Waals surface area contributed by atoms with Gasteiger partial charge in [-0.25, -0.2) is 0 Å². The highest BCUT2D eigenvalue weighted by atomic mass is 16.7. The maximum absolute atomic E-state index is 14.5. The van der Waals surface area contributed by atoms with E-state index in [-0.39, 0.29) is 5.78 Å². The predicted molar refractivity (Wildman–Crippen MR) is 151 cm³/mol. The lowest BCUT2D eigenvalue weighted by Gasteiger charge is -2.44. The summed E-state index contributed by atoms with van der Waals surface area (Å²) in [5.41, 5.74) is 0.212. The van der Waals surface area contributed by atoms with Crippen LogP contribution in [0.4, 0.5) is 0 Å². The van der Waals surface area contributed by atoms with Gasteiger partial charge in [0, 0.05) is 25.3 Å². The van der Waals surface area contributed by atoms with E-state index >= 15 is 0 Å². The first-order valence-electron chi connectivity index (χ1n) is 13.4. The van der Waals surface area contributed by atoms with Gasteiger partial charge in [0.1, 0.15) is 17.8 Å². The molecule has 3 aromatic rings. The molecule has 0 bridgehead atoms. The average molecular weight is 571 g/mol. The first-order chi connectivity index (χ1) is 20.2. The first-order valence-corrected chi connectivity index (χ1v) is 13.4. The van der Waals surface area contributed by atoms with Gasteiger partial charge >= 0.3 is 11.9 Å². The van der Waals surface area contributed by atoms with Crippen LogP contribution in [0, 0.1) is 5.41 Å². The smallest absolute Gasteiger partial charge is 0.330 e. The zero-order valence-corrected chi connectivity index (χ0v) is 23.8. The topological polar surface area (TPSA) is 113 Å². The predicted octanol–water partition coefficient (Wildman–Crippen LogP) is 4.27. The van der Waals surface area contributed by atoms with E-state index < -0.39 is 41.1 Å². The van der Waals surface area contributed by atoms with Crippen LogP contribution in [0.2, 0.25) is 0 Å². The van der Waals surface area contributed by atoms with Crippen LogP contribution in [-0.2, 0) is 19.1 Å². The van der Waals surface area contributed by atoms with Crippen LogP contribution in [0.15, 0.2) is 71.8 Å². The number of carbonyl (C=O) groups excluding carboxylic acids is 3. The maximum atomic E-state index is 14.5. The molecule has 0 radical (unpaired) electrons. The van der Waals surface area contributed by atoms with E-state index in [9.17, 15) is 14.4 Å². The third-order valence-electron chi connectivity index (χ3n) is 8.17. The number of cyclic esters (lactones) is 2. The molecule has 216 valence electrons. The van der Waals surface area contributed by atoms with Crippen LogP contribution >= 0.6 is 0 Å². The van der Waals surface area contributed by atoms with Gasteiger partial charge in [0.15, 0.2) is 17.3 Å². The van der Waals surface area contributed by atoms with Gasteiger partial charge in [-0.2, -0.15) is 5.10 Å². The Kier molecular flexibility index (Phi) is 6.44. The van der Waals surface area contributed by atoms with E-state index in [2.05, 4.69) is 0 Å². The van der Waals surface area contributed by atoms with E-state index in [1.807, 2.05) is 24.3 Å². The number of fused-ring (bicyclic) bond motifs is 4. The molecule has 42 heavy (non-hydrogen) atoms. The Balaban J connectivity index is 1.65. The van der Waals surface area contributed by atoms with Gasteiger partial charge in [-0.3, -0.25) is 19.4 Å². The fourth-order valence-corrected chi connectivity index (χ4v) is 6.36. The van der Waals surface area contributed by atoms with Gasteiger partial charge in [-0.05, 0) is 53.1 Å². The van der Waals surface area contributed by atoms with E-state index in [4.69, 9.17) is 28.8 Å². The van der Waals surface area contributed by atoms with Crippen molar-refractivity contribution in [2.45, 2.75) is 37.6 Å². The van der Waals surface area contributed by atoms with Crippen LogP contribution in [0.5, 0.6) is 17.2 Å². The first kappa shape index (κ1) is 27.3. The number of esters is 2. The van der Waals surface area contributed by atoms with Crippen molar-refractivity contribution in [1.82, 2.24) is 5.01 Å². The monoisotopic (exact) mass is 570 g/mol. The van der Waals surface area contributed by atoms with Crippen molar-refractivity contribution in [3.05, 3.63) is 89.0 Å². The van der Waals surface area contributed by atoms with Gasteiger partial charge in [0.25, 0.3) is 5.79 Å². The Morgan fingerprint density at radius 1 is 0.857 bits per heavy atom. The number of methoxy groups -OCH3 is 3. The highest BCUT2D eigenvalue weighted by Gasteiger charge is 2.75. The number of nitrogens with zero attached hydrogens (tertiary/aromatic N) is 2. The van der Waals surface area contributed by atoms with Gasteiger partial charge in [-0.15, -0.1) is 0 Å². The van der Waals surface area contributed by atoms with Gasteiger partial charge in [-0.1, -0.05) is 30.3 Å². The van der Waals surface area contributed by atoms with E-state index in [0.29, 0.717) is 39.5 Å². The lowest BCUT2D eigenvalue weighted by Crippen LogP contribution is -2.58.